The van der Waals surface area contributed by atoms with Gasteiger partial charge in [0.05, 0.1) is 45.3 Å². The molecule has 0 radical (unpaired) electrons. The first-order chi connectivity index (χ1) is 15.6. The van der Waals surface area contributed by atoms with Crippen molar-refractivity contribution in [2.45, 2.75) is 13.3 Å². The quantitative estimate of drug-likeness (QED) is 0.324. The van der Waals surface area contributed by atoms with E-state index in [2.05, 4.69) is 15.5 Å². The normalized spacial score (nSPS) is 13.8. The Morgan fingerprint density at radius 2 is 2.12 bits per heavy atom. The number of methoxy groups -OCH3 is 1. The maximum atomic E-state index is 12.3. The molecule has 1 N–H and O–H groups in total. The second-order valence-electron chi connectivity index (χ2n) is 6.69. The molecule has 1 fully saturated rings. The lowest BCUT2D eigenvalue weighted by Crippen LogP contribution is -2.43. The standard InChI is InChI=1S/C21H26N4O6S/c1-3-30-20(27)11-16-14-32-21(23-16)24-22-12-15-4-5-17(18(10-15)28-2)31-13-19(26)25-6-8-29-9-7-25/h4-5,10,12,14H,3,6-9,11,13H2,1-2H3,(H,23,24). The number of esters is 1. The Kier molecular flexibility index (Phi) is 8.81. The van der Waals surface area contributed by atoms with Crippen LogP contribution in [0.1, 0.15) is 18.2 Å². The molecule has 2 aromatic rings. The molecule has 0 bridgehead atoms. The van der Waals surface area contributed by atoms with Gasteiger partial charge in [-0.15, -0.1) is 11.3 Å². The first-order valence-corrected chi connectivity index (χ1v) is 11.0. The summed E-state index contributed by atoms with van der Waals surface area (Å²) in [6.45, 7) is 4.28. The molecule has 1 amide bonds. The van der Waals surface area contributed by atoms with Crippen LogP contribution in [0.15, 0.2) is 28.7 Å². The van der Waals surface area contributed by atoms with E-state index in [-0.39, 0.29) is 24.9 Å². The van der Waals surface area contributed by atoms with E-state index in [1.165, 1.54) is 18.4 Å². The van der Waals surface area contributed by atoms with Crippen LogP contribution in [-0.2, 0) is 25.5 Å². The number of morpholine rings is 1. The van der Waals surface area contributed by atoms with Crippen LogP contribution in [0.3, 0.4) is 0 Å². The van der Waals surface area contributed by atoms with Gasteiger partial charge >= 0.3 is 5.97 Å². The molecule has 3 rings (SSSR count). The summed E-state index contributed by atoms with van der Waals surface area (Å²) in [5, 5.41) is 6.51. The summed E-state index contributed by atoms with van der Waals surface area (Å²) in [5.74, 6) is 0.572. The molecule has 11 heteroatoms. The zero-order valence-corrected chi connectivity index (χ0v) is 18.9. The van der Waals surface area contributed by atoms with Crippen molar-refractivity contribution in [3.8, 4) is 11.5 Å². The number of nitrogens with zero attached hydrogens (tertiary/aromatic N) is 3. The Hall–Kier alpha value is -3.18. The second kappa shape index (κ2) is 12.0. The topological polar surface area (TPSA) is 112 Å². The number of nitrogens with one attached hydrogen (secondary N) is 1. The van der Waals surface area contributed by atoms with Crippen LogP contribution in [0.2, 0.25) is 0 Å². The predicted molar refractivity (Wildman–Crippen MR) is 120 cm³/mol. The number of hydrazone groups is 1. The van der Waals surface area contributed by atoms with Gasteiger partial charge in [0.1, 0.15) is 0 Å². The largest absolute Gasteiger partial charge is 0.493 e. The Morgan fingerprint density at radius 1 is 1.31 bits per heavy atom. The van der Waals surface area contributed by atoms with Crippen molar-refractivity contribution < 1.29 is 28.5 Å². The summed E-state index contributed by atoms with van der Waals surface area (Å²) >= 11 is 1.34. The third-order valence-electron chi connectivity index (χ3n) is 4.46. The number of hydrogen-bond donors (Lipinski definition) is 1. The summed E-state index contributed by atoms with van der Waals surface area (Å²) in [5.41, 5.74) is 4.23. The lowest BCUT2D eigenvalue weighted by atomic mass is 10.2. The fraction of sp³-hybridized carbons (Fsp3) is 0.429. The van der Waals surface area contributed by atoms with Crippen molar-refractivity contribution in [1.29, 1.82) is 0 Å². The SMILES string of the molecule is CCOC(=O)Cc1csc(NN=Cc2ccc(OCC(=O)N3CCOCC3)c(OC)c2)n1. The fourth-order valence-corrected chi connectivity index (χ4v) is 3.55. The lowest BCUT2D eigenvalue weighted by molar-refractivity contribution is -0.142. The molecule has 1 aromatic carbocycles. The van der Waals surface area contributed by atoms with E-state index < -0.39 is 0 Å². The van der Waals surface area contributed by atoms with E-state index in [1.807, 2.05) is 0 Å². The van der Waals surface area contributed by atoms with Crippen LogP contribution < -0.4 is 14.9 Å². The van der Waals surface area contributed by atoms with Crippen LogP contribution in [0.25, 0.3) is 0 Å². The minimum atomic E-state index is -0.311. The Bertz CT molecular complexity index is 942. The molecule has 1 saturated heterocycles. The predicted octanol–water partition coefficient (Wildman–Crippen LogP) is 1.94. The van der Waals surface area contributed by atoms with Crippen LogP contribution in [0.5, 0.6) is 11.5 Å². The molecular weight excluding hydrogens is 436 g/mol. The molecule has 1 aromatic heterocycles. The van der Waals surface area contributed by atoms with Gasteiger partial charge in [0, 0.05) is 18.5 Å². The van der Waals surface area contributed by atoms with E-state index in [9.17, 15) is 9.59 Å². The van der Waals surface area contributed by atoms with Crippen molar-refractivity contribution in [3.05, 3.63) is 34.8 Å². The molecule has 0 unspecified atom stereocenters. The molecule has 0 spiro atoms. The van der Waals surface area contributed by atoms with Crippen molar-refractivity contribution >= 4 is 34.6 Å². The molecule has 1 aliphatic rings. The summed E-state index contributed by atoms with van der Waals surface area (Å²) in [6, 6.07) is 5.29. The maximum Gasteiger partial charge on any atom is 0.311 e. The fourth-order valence-electron chi connectivity index (χ4n) is 2.89. The van der Waals surface area contributed by atoms with Crippen LogP contribution in [0.4, 0.5) is 5.13 Å². The first kappa shape index (κ1) is 23.5. The highest BCUT2D eigenvalue weighted by atomic mass is 32.1. The average Bonchev–Trinajstić information content (AvgIpc) is 3.25. The summed E-state index contributed by atoms with van der Waals surface area (Å²) in [7, 11) is 1.53. The zero-order valence-electron chi connectivity index (χ0n) is 18.0. The Labute approximate surface area is 190 Å². The third-order valence-corrected chi connectivity index (χ3v) is 5.25. The zero-order chi connectivity index (χ0) is 22.8. The van der Waals surface area contributed by atoms with E-state index in [0.29, 0.717) is 55.2 Å². The van der Waals surface area contributed by atoms with Gasteiger partial charge in [-0.3, -0.25) is 15.0 Å². The maximum absolute atomic E-state index is 12.3. The van der Waals surface area contributed by atoms with Gasteiger partial charge in [-0.1, -0.05) is 0 Å². The van der Waals surface area contributed by atoms with Gasteiger partial charge in [-0.25, -0.2) is 4.98 Å². The third kappa shape index (κ3) is 6.92. The van der Waals surface area contributed by atoms with Crippen molar-refractivity contribution in [3.63, 3.8) is 0 Å². The van der Waals surface area contributed by atoms with Gasteiger partial charge in [0.15, 0.2) is 18.1 Å². The number of benzene rings is 1. The second-order valence-corrected chi connectivity index (χ2v) is 7.55. The number of carbonyl (C=O) groups excluding carboxylic acids is 2. The van der Waals surface area contributed by atoms with E-state index in [4.69, 9.17) is 18.9 Å². The van der Waals surface area contributed by atoms with Gasteiger partial charge in [-0.05, 0) is 30.7 Å². The number of thiazole rings is 1. The van der Waals surface area contributed by atoms with Crippen molar-refractivity contribution in [2.75, 3.05) is 52.1 Å². The lowest BCUT2D eigenvalue weighted by Gasteiger charge is -2.26. The molecule has 0 atom stereocenters. The smallest absolute Gasteiger partial charge is 0.311 e. The average molecular weight is 463 g/mol. The minimum absolute atomic E-state index is 0.0659. The van der Waals surface area contributed by atoms with E-state index in [1.54, 1.807) is 41.6 Å². The Morgan fingerprint density at radius 3 is 2.88 bits per heavy atom. The molecule has 172 valence electrons. The number of rotatable bonds is 10. The van der Waals surface area contributed by atoms with Crippen molar-refractivity contribution in [1.82, 2.24) is 9.88 Å². The number of anilines is 1. The van der Waals surface area contributed by atoms with Gasteiger partial charge in [0.2, 0.25) is 5.13 Å². The number of amides is 1. The van der Waals surface area contributed by atoms with Crippen LogP contribution in [-0.4, -0.2) is 74.6 Å². The van der Waals surface area contributed by atoms with Gasteiger partial charge in [-0.2, -0.15) is 5.10 Å². The summed E-state index contributed by atoms with van der Waals surface area (Å²) in [4.78, 5) is 29.8. The van der Waals surface area contributed by atoms with Gasteiger partial charge in [0.25, 0.3) is 5.91 Å². The molecule has 32 heavy (non-hydrogen) atoms. The van der Waals surface area contributed by atoms with Crippen molar-refractivity contribution in [2.24, 2.45) is 5.10 Å². The summed E-state index contributed by atoms with van der Waals surface area (Å²) in [6.07, 6.45) is 1.74. The number of hydrogen-bond acceptors (Lipinski definition) is 10. The first-order valence-electron chi connectivity index (χ1n) is 10.1. The minimum Gasteiger partial charge on any atom is -0.493 e. The molecule has 0 aliphatic carbocycles. The van der Waals surface area contributed by atoms with E-state index >= 15 is 0 Å². The highest BCUT2D eigenvalue weighted by Gasteiger charge is 2.18. The molecular formula is C21H26N4O6S. The molecule has 10 nitrogen and oxygen atoms in total. The van der Waals surface area contributed by atoms with Crippen LogP contribution in [0, 0.1) is 0 Å². The highest BCUT2D eigenvalue weighted by molar-refractivity contribution is 7.13. The monoisotopic (exact) mass is 462 g/mol. The molecule has 1 aliphatic heterocycles. The molecule has 0 saturated carbocycles. The Balaban J connectivity index is 1.52. The van der Waals surface area contributed by atoms with Crippen LogP contribution >= 0.6 is 11.3 Å². The van der Waals surface area contributed by atoms with E-state index in [0.717, 1.165) is 5.56 Å². The summed E-state index contributed by atoms with van der Waals surface area (Å²) < 4.78 is 21.2. The molecule has 2 heterocycles. The number of aromatic nitrogens is 1. The number of carbonyl (C=O) groups is 2. The number of ether oxygens (including phenoxy) is 4. The highest BCUT2D eigenvalue weighted by Crippen LogP contribution is 2.27. The van der Waals surface area contributed by atoms with Gasteiger partial charge < -0.3 is 23.8 Å².